The molecule has 0 aliphatic rings. The third-order valence-corrected chi connectivity index (χ3v) is 3.65. The Morgan fingerprint density at radius 2 is 1.19 bits per heavy atom. The second-order valence-electron chi connectivity index (χ2n) is 5.73. The molecule has 0 fully saturated rings. The maximum absolute atomic E-state index is 10.3. The predicted octanol–water partition coefficient (Wildman–Crippen LogP) is 5.46. The molecule has 0 rings (SSSR count). The summed E-state index contributed by atoms with van der Waals surface area (Å²) >= 11 is 0. The van der Waals surface area contributed by atoms with E-state index in [0.717, 1.165) is 12.8 Å². The van der Waals surface area contributed by atoms with Crippen LogP contribution in [0.2, 0.25) is 0 Å². The number of unbranched alkanes of at least 4 members (excludes halogenated alkanes) is 11. The molecule has 3 heteroatoms. The molecule has 0 radical (unpaired) electrons. The van der Waals surface area contributed by atoms with Crippen LogP contribution < -0.4 is 0 Å². The zero-order valence-corrected chi connectivity index (χ0v) is 13.4. The first-order valence-electron chi connectivity index (χ1n) is 8.64. The van der Waals surface area contributed by atoms with Crippen LogP contribution in [-0.4, -0.2) is 29.9 Å². The number of carboxylic acid groups (broad SMARTS) is 1. The third kappa shape index (κ3) is 22.2. The van der Waals surface area contributed by atoms with Crippen LogP contribution in [0.5, 0.6) is 0 Å². The van der Waals surface area contributed by atoms with E-state index in [1.165, 1.54) is 70.6 Å². The van der Waals surface area contributed by atoms with E-state index in [1.807, 2.05) is 0 Å². The Bertz CT molecular complexity index is 239. The van der Waals surface area contributed by atoms with Crippen molar-refractivity contribution in [1.82, 2.24) is 0 Å². The average Bonchev–Trinajstić information content (AvgIpc) is 2.43. The molecule has 21 heavy (non-hydrogen) atoms. The van der Waals surface area contributed by atoms with Crippen LogP contribution in [0.3, 0.4) is 0 Å². The van der Waals surface area contributed by atoms with Gasteiger partial charge in [0, 0.05) is 6.42 Å². The van der Waals surface area contributed by atoms with Crippen molar-refractivity contribution in [3.05, 3.63) is 12.2 Å². The number of carboxylic acids is 1. The quantitative estimate of drug-likeness (QED) is 0.247. The molecule has 0 bridgehead atoms. The molecule has 0 saturated heterocycles. The first kappa shape index (κ1) is 23.1. The fourth-order valence-electron chi connectivity index (χ4n) is 2.35. The van der Waals surface area contributed by atoms with Gasteiger partial charge in [-0.05, 0) is 32.1 Å². The molecule has 120 valence electrons. The molecule has 0 saturated carbocycles. The Hall–Kier alpha value is -0.193. The zero-order valence-electron chi connectivity index (χ0n) is 13.4. The summed E-state index contributed by atoms with van der Waals surface area (Å²) in [5.74, 6) is -0.661. The first-order chi connectivity index (χ1) is 9.77. The van der Waals surface area contributed by atoms with Crippen LogP contribution in [0.15, 0.2) is 12.2 Å². The van der Waals surface area contributed by atoms with Crippen molar-refractivity contribution in [1.29, 1.82) is 0 Å². The molecular formula is C18H35LiO2. The second-order valence-corrected chi connectivity index (χ2v) is 5.73. The number of carbonyl (C=O) groups is 1. The van der Waals surface area contributed by atoms with Gasteiger partial charge in [0.25, 0.3) is 0 Å². The van der Waals surface area contributed by atoms with Crippen LogP contribution in [-0.2, 0) is 4.79 Å². The number of aliphatic carboxylic acids is 1. The van der Waals surface area contributed by atoms with E-state index in [9.17, 15) is 4.79 Å². The van der Waals surface area contributed by atoms with Gasteiger partial charge in [-0.25, -0.2) is 0 Å². The zero-order chi connectivity index (χ0) is 14.9. The number of allylic oxidation sites excluding steroid dienone is 2. The van der Waals surface area contributed by atoms with Gasteiger partial charge in [-0.15, -0.1) is 0 Å². The van der Waals surface area contributed by atoms with Crippen LogP contribution in [0.1, 0.15) is 96.8 Å². The molecule has 2 nitrogen and oxygen atoms in total. The van der Waals surface area contributed by atoms with Gasteiger partial charge in [-0.3, -0.25) is 4.79 Å². The van der Waals surface area contributed by atoms with E-state index in [-0.39, 0.29) is 18.9 Å². The third-order valence-electron chi connectivity index (χ3n) is 3.65. The van der Waals surface area contributed by atoms with Gasteiger partial charge in [0.1, 0.15) is 0 Å². The van der Waals surface area contributed by atoms with Gasteiger partial charge < -0.3 is 5.11 Å². The SMILES string of the molecule is CCCCCC/C=C\CCCCCCCCCC(=O)O.[LiH]. The van der Waals surface area contributed by atoms with Crippen molar-refractivity contribution in [3.63, 3.8) is 0 Å². The summed E-state index contributed by atoms with van der Waals surface area (Å²) in [7, 11) is 0. The monoisotopic (exact) mass is 290 g/mol. The first-order valence-corrected chi connectivity index (χ1v) is 8.64. The van der Waals surface area contributed by atoms with Gasteiger partial charge in [0.15, 0.2) is 0 Å². The Morgan fingerprint density at radius 3 is 1.67 bits per heavy atom. The van der Waals surface area contributed by atoms with Crippen LogP contribution in [0.25, 0.3) is 0 Å². The van der Waals surface area contributed by atoms with Crippen molar-refractivity contribution in [2.24, 2.45) is 0 Å². The van der Waals surface area contributed by atoms with E-state index >= 15 is 0 Å². The van der Waals surface area contributed by atoms with Crippen molar-refractivity contribution >= 4 is 24.8 Å². The normalized spacial score (nSPS) is 10.7. The minimum atomic E-state index is -0.661. The van der Waals surface area contributed by atoms with Gasteiger partial charge in [0.05, 0.1) is 0 Å². The summed E-state index contributed by atoms with van der Waals surface area (Å²) in [6.45, 7) is 2.25. The van der Waals surface area contributed by atoms with E-state index in [0.29, 0.717) is 6.42 Å². The Morgan fingerprint density at radius 1 is 0.762 bits per heavy atom. The average molecular weight is 290 g/mol. The standard InChI is InChI=1S/C18H34O2.Li.H/c1-2-3-4-5-6-7-8-9-10-11-12-13-14-15-16-17-18(19)20;;/h7-8H,2-6,9-17H2,1H3,(H,19,20);;/b8-7-;;. The number of hydrogen-bond acceptors (Lipinski definition) is 1. The van der Waals surface area contributed by atoms with Crippen molar-refractivity contribution in [2.45, 2.75) is 96.8 Å². The second kappa shape index (κ2) is 19.8. The van der Waals surface area contributed by atoms with E-state index in [4.69, 9.17) is 5.11 Å². The van der Waals surface area contributed by atoms with Gasteiger partial charge in [0.2, 0.25) is 0 Å². The molecule has 0 unspecified atom stereocenters. The van der Waals surface area contributed by atoms with Gasteiger partial charge in [-0.2, -0.15) is 0 Å². The summed E-state index contributed by atoms with van der Waals surface area (Å²) in [6, 6.07) is 0. The molecule has 0 aliphatic heterocycles. The predicted molar refractivity (Wildman–Crippen MR) is 94.2 cm³/mol. The summed E-state index contributed by atoms with van der Waals surface area (Å²) in [6.07, 6.45) is 21.2. The molecule has 0 aliphatic carbocycles. The minimum absolute atomic E-state index is 0. The molecule has 0 aromatic heterocycles. The summed E-state index contributed by atoms with van der Waals surface area (Å²) < 4.78 is 0. The van der Waals surface area contributed by atoms with Crippen molar-refractivity contribution in [3.8, 4) is 0 Å². The van der Waals surface area contributed by atoms with Crippen molar-refractivity contribution in [2.75, 3.05) is 0 Å². The molecule has 0 spiro atoms. The van der Waals surface area contributed by atoms with Crippen molar-refractivity contribution < 1.29 is 9.90 Å². The maximum atomic E-state index is 10.3. The molecule has 0 aromatic rings. The van der Waals surface area contributed by atoms with Gasteiger partial charge >= 0.3 is 24.8 Å². The molecule has 0 aromatic carbocycles. The fraction of sp³-hybridized carbons (Fsp3) is 0.833. The van der Waals surface area contributed by atoms with E-state index < -0.39 is 5.97 Å². The Kier molecular flexibility index (Phi) is 21.8. The van der Waals surface area contributed by atoms with Gasteiger partial charge in [-0.1, -0.05) is 70.4 Å². The summed E-state index contributed by atoms with van der Waals surface area (Å²) in [5, 5.41) is 8.51. The molecule has 0 heterocycles. The van der Waals surface area contributed by atoms with Crippen LogP contribution in [0, 0.1) is 0 Å². The molecule has 0 amide bonds. The number of hydrogen-bond donors (Lipinski definition) is 1. The van der Waals surface area contributed by atoms with E-state index in [2.05, 4.69) is 19.1 Å². The van der Waals surface area contributed by atoms with E-state index in [1.54, 1.807) is 0 Å². The Balaban J connectivity index is 0. The summed E-state index contributed by atoms with van der Waals surface area (Å²) in [4.78, 5) is 10.3. The van der Waals surface area contributed by atoms with Crippen LogP contribution >= 0.6 is 0 Å². The molecule has 0 atom stereocenters. The summed E-state index contributed by atoms with van der Waals surface area (Å²) in [5.41, 5.74) is 0. The molecular weight excluding hydrogens is 255 g/mol. The van der Waals surface area contributed by atoms with Crippen LogP contribution in [0.4, 0.5) is 0 Å². The Labute approximate surface area is 144 Å². The molecule has 1 N–H and O–H groups in total. The fourth-order valence-corrected chi connectivity index (χ4v) is 2.35. The topological polar surface area (TPSA) is 37.3 Å². The number of rotatable bonds is 15.